The van der Waals surface area contributed by atoms with Crippen LogP contribution in [0, 0.1) is 11.8 Å². The predicted octanol–water partition coefficient (Wildman–Crippen LogP) is 8.23. The average molecular weight is 572 g/mol. The Balaban J connectivity index is 1.39. The van der Waals surface area contributed by atoms with E-state index in [4.69, 9.17) is 9.47 Å². The van der Waals surface area contributed by atoms with E-state index in [1.54, 1.807) is 18.2 Å². The van der Waals surface area contributed by atoms with E-state index in [1.807, 2.05) is 0 Å². The van der Waals surface area contributed by atoms with E-state index in [1.165, 1.54) is 19.2 Å². The zero-order chi connectivity index (χ0) is 28.8. The largest absolute Gasteiger partial charge is 0.490 e. The summed E-state index contributed by atoms with van der Waals surface area (Å²) in [5, 5.41) is 0.439. The van der Waals surface area contributed by atoms with Crippen LogP contribution >= 0.6 is 0 Å². The van der Waals surface area contributed by atoms with Crippen LogP contribution in [0.1, 0.15) is 81.9 Å². The molecule has 2 aliphatic heterocycles. The van der Waals surface area contributed by atoms with E-state index in [0.717, 1.165) is 24.8 Å². The lowest BCUT2D eigenvalue weighted by Crippen LogP contribution is -2.54. The molecule has 2 heterocycles. The molecular formula is C30H35F6NO3. The van der Waals surface area contributed by atoms with E-state index in [0.29, 0.717) is 18.2 Å². The maximum absolute atomic E-state index is 14.3. The van der Waals surface area contributed by atoms with Crippen molar-refractivity contribution in [3.63, 3.8) is 0 Å². The minimum atomic E-state index is -4.70. The van der Waals surface area contributed by atoms with E-state index in [-0.39, 0.29) is 66.8 Å². The molecule has 3 aliphatic rings. The van der Waals surface area contributed by atoms with Crippen molar-refractivity contribution in [3.05, 3.63) is 41.5 Å². The zero-order valence-electron chi connectivity index (χ0n) is 22.7. The first kappa shape index (κ1) is 29.0. The van der Waals surface area contributed by atoms with Crippen molar-refractivity contribution in [1.82, 2.24) is 4.90 Å². The third-order valence-electron chi connectivity index (χ3n) is 9.22. The van der Waals surface area contributed by atoms with Crippen LogP contribution in [0.4, 0.5) is 26.3 Å². The van der Waals surface area contributed by atoms with Crippen molar-refractivity contribution >= 4 is 16.7 Å². The number of alkyl halides is 6. The predicted molar refractivity (Wildman–Crippen MR) is 138 cm³/mol. The number of carbonyl (C=O) groups is 1. The van der Waals surface area contributed by atoms with Crippen LogP contribution < -0.4 is 4.74 Å². The molecule has 220 valence electrons. The van der Waals surface area contributed by atoms with E-state index >= 15 is 0 Å². The molecule has 1 aliphatic carbocycles. The topological polar surface area (TPSA) is 38.8 Å². The van der Waals surface area contributed by atoms with E-state index in [2.05, 4.69) is 11.8 Å². The van der Waals surface area contributed by atoms with E-state index in [9.17, 15) is 31.1 Å². The highest BCUT2D eigenvalue weighted by Gasteiger charge is 2.44. The standard InChI is InChI=1S/C30H35F6NO3/c1-17(37-22-4-3-5-23(37)16-20(15-22)28(38)39-2)18-6-12-25-19(14-18)7-13-26(27(25)30(34,35)36)40-24-10-8-21(9-11-24)29(31,32)33/h6-7,12-14,17,20-24H,3-5,8-11,15-16H2,1-2H3/t17-,20?,21?,22?,23?,24?/m1/s1. The Morgan fingerprint density at radius 3 is 2.15 bits per heavy atom. The van der Waals surface area contributed by atoms with Gasteiger partial charge in [0.15, 0.2) is 0 Å². The summed E-state index contributed by atoms with van der Waals surface area (Å²) in [6, 6.07) is 8.25. The summed E-state index contributed by atoms with van der Waals surface area (Å²) >= 11 is 0. The van der Waals surface area contributed by atoms with Gasteiger partial charge in [-0.25, -0.2) is 0 Å². The second-order valence-corrected chi connectivity index (χ2v) is 11.6. The summed E-state index contributed by atoms with van der Waals surface area (Å²) in [6.45, 7) is 2.06. The SMILES string of the molecule is COC(=O)C1CC2CCCC(C1)N2[C@H](C)c1ccc2c(C(F)(F)F)c(OC3CCC(C(F)(F)F)CC3)ccc2c1. The number of halogens is 6. The molecule has 5 rings (SSSR count). The zero-order valence-corrected chi connectivity index (χ0v) is 22.7. The number of hydrogen-bond donors (Lipinski definition) is 0. The Morgan fingerprint density at radius 2 is 1.57 bits per heavy atom. The molecule has 2 bridgehead atoms. The average Bonchev–Trinajstić information content (AvgIpc) is 2.90. The second kappa shape index (κ2) is 11.1. The Hall–Kier alpha value is -2.49. The monoisotopic (exact) mass is 571 g/mol. The Morgan fingerprint density at radius 1 is 0.925 bits per heavy atom. The van der Waals surface area contributed by atoms with Crippen molar-refractivity contribution in [3.8, 4) is 5.75 Å². The summed E-state index contributed by atoms with van der Waals surface area (Å²) < 4.78 is 92.7. The number of rotatable bonds is 5. The molecule has 0 aromatic heterocycles. The first-order valence-corrected chi connectivity index (χ1v) is 14.1. The molecule has 3 fully saturated rings. The number of benzene rings is 2. The number of ether oxygens (including phenoxy) is 2. The number of esters is 1. The minimum Gasteiger partial charge on any atom is -0.490 e. The van der Waals surface area contributed by atoms with Crippen LogP contribution in [-0.2, 0) is 15.7 Å². The Bertz CT molecular complexity index is 1210. The molecule has 0 N–H and O–H groups in total. The van der Waals surface area contributed by atoms with Gasteiger partial charge in [0, 0.05) is 18.1 Å². The fourth-order valence-electron chi connectivity index (χ4n) is 7.25. The molecule has 0 radical (unpaired) electrons. The van der Waals surface area contributed by atoms with Gasteiger partial charge in [0.2, 0.25) is 0 Å². The quantitative estimate of drug-likeness (QED) is 0.268. The second-order valence-electron chi connectivity index (χ2n) is 11.6. The van der Waals surface area contributed by atoms with Gasteiger partial charge < -0.3 is 9.47 Å². The van der Waals surface area contributed by atoms with Crippen LogP contribution in [0.5, 0.6) is 5.75 Å². The number of methoxy groups -OCH3 is 1. The highest BCUT2D eigenvalue weighted by molar-refractivity contribution is 5.89. The molecule has 1 saturated carbocycles. The van der Waals surface area contributed by atoms with Crippen molar-refractivity contribution in [2.24, 2.45) is 11.8 Å². The fourth-order valence-corrected chi connectivity index (χ4v) is 7.25. The summed E-state index contributed by atoms with van der Waals surface area (Å²) in [4.78, 5) is 14.6. The van der Waals surface area contributed by atoms with Crippen LogP contribution in [0.15, 0.2) is 30.3 Å². The van der Waals surface area contributed by atoms with Crippen LogP contribution in [0.25, 0.3) is 10.8 Å². The normalized spacial score (nSPS) is 28.8. The van der Waals surface area contributed by atoms with Gasteiger partial charge in [0.1, 0.15) is 11.3 Å². The molecule has 0 spiro atoms. The number of carbonyl (C=O) groups excluding carboxylic acids is 1. The lowest BCUT2D eigenvalue weighted by molar-refractivity contribution is -0.185. The van der Waals surface area contributed by atoms with Crippen LogP contribution in [0.2, 0.25) is 0 Å². The third kappa shape index (κ3) is 5.78. The van der Waals surface area contributed by atoms with Gasteiger partial charge in [-0.15, -0.1) is 0 Å². The van der Waals surface area contributed by atoms with E-state index < -0.39 is 29.9 Å². The van der Waals surface area contributed by atoms with Crippen LogP contribution in [-0.4, -0.2) is 42.3 Å². The molecule has 2 unspecified atom stereocenters. The van der Waals surface area contributed by atoms with Crippen molar-refractivity contribution in [1.29, 1.82) is 0 Å². The molecule has 0 amide bonds. The van der Waals surface area contributed by atoms with Crippen LogP contribution in [0.3, 0.4) is 0 Å². The first-order chi connectivity index (χ1) is 18.9. The number of fused-ring (bicyclic) bond motifs is 3. The molecular weight excluding hydrogens is 536 g/mol. The Labute approximate surface area is 230 Å². The smallest absolute Gasteiger partial charge is 0.420 e. The number of nitrogens with zero attached hydrogens (tertiary/aromatic N) is 1. The molecule has 40 heavy (non-hydrogen) atoms. The molecule has 2 aromatic rings. The molecule has 2 saturated heterocycles. The first-order valence-electron chi connectivity index (χ1n) is 14.1. The lowest BCUT2D eigenvalue weighted by atomic mass is 9.77. The number of piperidine rings is 2. The van der Waals surface area contributed by atoms with Gasteiger partial charge in [-0.05, 0) is 86.8 Å². The molecule has 4 nitrogen and oxygen atoms in total. The van der Waals surface area contributed by atoms with Crippen molar-refractivity contribution < 1.29 is 40.6 Å². The molecule has 10 heteroatoms. The van der Waals surface area contributed by atoms with Gasteiger partial charge >= 0.3 is 18.3 Å². The van der Waals surface area contributed by atoms with Gasteiger partial charge in [0.05, 0.1) is 25.0 Å². The fraction of sp³-hybridized carbons (Fsp3) is 0.633. The minimum absolute atomic E-state index is 0.00882. The maximum atomic E-state index is 14.3. The lowest BCUT2D eigenvalue weighted by Gasteiger charge is -2.51. The summed E-state index contributed by atoms with van der Waals surface area (Å²) in [5.41, 5.74) is 0.00564. The van der Waals surface area contributed by atoms with Gasteiger partial charge in [0.25, 0.3) is 0 Å². The maximum Gasteiger partial charge on any atom is 0.420 e. The van der Waals surface area contributed by atoms with Gasteiger partial charge in [-0.3, -0.25) is 9.69 Å². The molecule has 2 aromatic carbocycles. The highest BCUT2D eigenvalue weighted by Crippen LogP contribution is 2.46. The summed E-state index contributed by atoms with van der Waals surface area (Å²) in [6.07, 6.45) is -5.42. The van der Waals surface area contributed by atoms with Gasteiger partial charge in [-0.2, -0.15) is 26.3 Å². The third-order valence-corrected chi connectivity index (χ3v) is 9.22. The van der Waals surface area contributed by atoms with Crippen molar-refractivity contribution in [2.45, 2.75) is 101 Å². The highest BCUT2D eigenvalue weighted by atomic mass is 19.4. The van der Waals surface area contributed by atoms with Crippen molar-refractivity contribution in [2.75, 3.05) is 7.11 Å². The summed E-state index contributed by atoms with van der Waals surface area (Å²) in [7, 11) is 1.41. The Kier molecular flexibility index (Phi) is 8.03. The molecule has 3 atom stereocenters. The van der Waals surface area contributed by atoms with Gasteiger partial charge in [-0.1, -0.05) is 24.6 Å². The number of hydrogen-bond acceptors (Lipinski definition) is 4. The summed E-state index contributed by atoms with van der Waals surface area (Å²) in [5.74, 6) is -2.08.